The molecule has 3 aromatic rings. The summed E-state index contributed by atoms with van der Waals surface area (Å²) in [5.41, 5.74) is 1.90. The summed E-state index contributed by atoms with van der Waals surface area (Å²) < 4.78 is 14.3. The SMILES string of the molecule is CC(C)c1ccc(Sc2ccc3c4c(cccc24)C(=O)C(F)=C3C#N)cc1. The van der Waals surface area contributed by atoms with Crippen LogP contribution in [0.5, 0.6) is 0 Å². The number of halogens is 1. The average Bonchev–Trinajstić information content (AvgIpc) is 2.68. The third-order valence-electron chi connectivity index (χ3n) is 4.82. The van der Waals surface area contributed by atoms with Gasteiger partial charge in [-0.3, -0.25) is 4.79 Å². The van der Waals surface area contributed by atoms with E-state index in [-0.39, 0.29) is 5.57 Å². The molecule has 0 aliphatic heterocycles. The van der Waals surface area contributed by atoms with Gasteiger partial charge in [0, 0.05) is 26.3 Å². The number of hydrogen-bond acceptors (Lipinski definition) is 3. The number of benzene rings is 3. The standard InChI is InChI=1S/C23H16FNOS/c1-13(2)14-6-8-15(9-7-14)27-20-11-10-16-19(12-25)22(24)23(26)18-5-3-4-17(20)21(16)18/h3-11,13H,1-2H3. The van der Waals surface area contributed by atoms with E-state index in [1.54, 1.807) is 30.0 Å². The summed E-state index contributed by atoms with van der Waals surface area (Å²) in [4.78, 5) is 14.4. The highest BCUT2D eigenvalue weighted by atomic mass is 32.2. The normalized spacial score (nSPS) is 13.4. The second-order valence-corrected chi connectivity index (χ2v) is 7.91. The molecular formula is C23H16FNOS. The van der Waals surface area contributed by atoms with Crippen LogP contribution in [-0.4, -0.2) is 5.78 Å². The van der Waals surface area contributed by atoms with Crippen molar-refractivity contribution in [2.75, 3.05) is 0 Å². The van der Waals surface area contributed by atoms with Crippen molar-refractivity contribution in [1.29, 1.82) is 5.26 Å². The van der Waals surface area contributed by atoms with Gasteiger partial charge < -0.3 is 0 Å². The Morgan fingerprint density at radius 1 is 1.00 bits per heavy atom. The average molecular weight is 373 g/mol. The zero-order chi connectivity index (χ0) is 19.1. The first-order chi connectivity index (χ1) is 13.0. The summed E-state index contributed by atoms with van der Waals surface area (Å²) >= 11 is 1.60. The van der Waals surface area contributed by atoms with Gasteiger partial charge in [-0.25, -0.2) is 4.39 Å². The summed E-state index contributed by atoms with van der Waals surface area (Å²) in [7, 11) is 0. The number of rotatable bonds is 3. The minimum Gasteiger partial charge on any atom is -0.286 e. The van der Waals surface area contributed by atoms with Crippen LogP contribution in [0.2, 0.25) is 0 Å². The number of ketones is 1. The molecule has 4 rings (SSSR count). The van der Waals surface area contributed by atoms with E-state index >= 15 is 0 Å². The largest absolute Gasteiger partial charge is 0.286 e. The van der Waals surface area contributed by atoms with Crippen LogP contribution in [0, 0.1) is 11.3 Å². The van der Waals surface area contributed by atoms with Gasteiger partial charge in [-0.1, -0.05) is 62.0 Å². The van der Waals surface area contributed by atoms with E-state index in [2.05, 4.69) is 38.1 Å². The Morgan fingerprint density at radius 3 is 2.41 bits per heavy atom. The first kappa shape index (κ1) is 17.5. The molecule has 1 aliphatic carbocycles. The van der Waals surface area contributed by atoms with Crippen LogP contribution in [0.3, 0.4) is 0 Å². The van der Waals surface area contributed by atoms with E-state index in [4.69, 9.17) is 0 Å². The first-order valence-electron chi connectivity index (χ1n) is 8.69. The van der Waals surface area contributed by atoms with Gasteiger partial charge >= 0.3 is 0 Å². The van der Waals surface area contributed by atoms with Gasteiger partial charge in [-0.05, 0) is 35.1 Å². The molecule has 0 bridgehead atoms. The van der Waals surface area contributed by atoms with Gasteiger partial charge in [0.1, 0.15) is 6.07 Å². The Morgan fingerprint density at radius 2 is 1.74 bits per heavy atom. The lowest BCUT2D eigenvalue weighted by Gasteiger charge is -2.18. The Hall–Kier alpha value is -2.90. The number of nitrogens with zero attached hydrogens (tertiary/aromatic N) is 1. The fourth-order valence-electron chi connectivity index (χ4n) is 3.37. The van der Waals surface area contributed by atoms with Gasteiger partial charge in [-0.15, -0.1) is 0 Å². The van der Waals surface area contributed by atoms with Gasteiger partial charge in [0.15, 0.2) is 5.83 Å². The summed E-state index contributed by atoms with van der Waals surface area (Å²) in [6.45, 7) is 4.32. The van der Waals surface area contributed by atoms with Crippen molar-refractivity contribution in [2.24, 2.45) is 0 Å². The topological polar surface area (TPSA) is 40.9 Å². The summed E-state index contributed by atoms with van der Waals surface area (Å²) in [6.07, 6.45) is 0. The third-order valence-corrected chi connectivity index (χ3v) is 5.90. The molecule has 0 aromatic heterocycles. The molecule has 0 fully saturated rings. The molecule has 0 amide bonds. The van der Waals surface area contributed by atoms with Crippen LogP contribution in [0.4, 0.5) is 4.39 Å². The summed E-state index contributed by atoms with van der Waals surface area (Å²) in [6, 6.07) is 19.2. The lowest BCUT2D eigenvalue weighted by Crippen LogP contribution is -2.09. The zero-order valence-corrected chi connectivity index (χ0v) is 15.7. The molecular weight excluding hydrogens is 357 g/mol. The fourth-order valence-corrected chi connectivity index (χ4v) is 4.32. The highest BCUT2D eigenvalue weighted by molar-refractivity contribution is 7.99. The van der Waals surface area contributed by atoms with Gasteiger partial charge in [0.2, 0.25) is 5.78 Å². The van der Waals surface area contributed by atoms with Crippen molar-refractivity contribution in [3.8, 4) is 6.07 Å². The first-order valence-corrected chi connectivity index (χ1v) is 9.51. The summed E-state index contributed by atoms with van der Waals surface area (Å²) in [5, 5.41) is 10.8. The second kappa shape index (κ2) is 6.68. The predicted molar refractivity (Wildman–Crippen MR) is 107 cm³/mol. The number of Topliss-reactive ketones (excluding diaryl/α,β-unsaturated/α-hetero) is 1. The number of hydrogen-bond donors (Lipinski definition) is 0. The minimum absolute atomic E-state index is 0.179. The van der Waals surface area contributed by atoms with Crippen molar-refractivity contribution in [1.82, 2.24) is 0 Å². The van der Waals surface area contributed by atoms with Gasteiger partial charge in [0.05, 0.1) is 5.57 Å². The van der Waals surface area contributed by atoms with E-state index in [1.165, 1.54) is 5.56 Å². The Kier molecular flexibility index (Phi) is 4.33. The zero-order valence-electron chi connectivity index (χ0n) is 14.9. The number of nitriles is 1. The Balaban J connectivity index is 1.85. The van der Waals surface area contributed by atoms with Crippen LogP contribution in [0.25, 0.3) is 16.3 Å². The molecule has 3 aromatic carbocycles. The maximum Gasteiger partial charge on any atom is 0.223 e. The van der Waals surface area contributed by atoms with E-state index in [9.17, 15) is 14.4 Å². The van der Waals surface area contributed by atoms with Crippen molar-refractivity contribution < 1.29 is 9.18 Å². The number of carbonyl (C=O) groups excluding carboxylic acids is 1. The molecule has 0 N–H and O–H groups in total. The molecule has 0 spiro atoms. The van der Waals surface area contributed by atoms with Crippen molar-refractivity contribution in [3.63, 3.8) is 0 Å². The monoisotopic (exact) mass is 373 g/mol. The highest BCUT2D eigenvalue weighted by Gasteiger charge is 2.28. The van der Waals surface area contributed by atoms with E-state index in [0.29, 0.717) is 22.4 Å². The van der Waals surface area contributed by atoms with Crippen molar-refractivity contribution in [2.45, 2.75) is 29.6 Å². The molecule has 0 radical (unpaired) electrons. The maximum absolute atomic E-state index is 14.3. The second-order valence-electron chi connectivity index (χ2n) is 6.80. The molecule has 132 valence electrons. The van der Waals surface area contributed by atoms with E-state index in [1.807, 2.05) is 18.2 Å². The van der Waals surface area contributed by atoms with Crippen LogP contribution >= 0.6 is 11.8 Å². The van der Waals surface area contributed by atoms with Crippen molar-refractivity contribution >= 4 is 33.9 Å². The van der Waals surface area contributed by atoms with Crippen LogP contribution < -0.4 is 0 Å². The molecule has 0 saturated carbocycles. The minimum atomic E-state index is -0.970. The molecule has 0 saturated heterocycles. The molecule has 0 atom stereocenters. The lowest BCUT2D eigenvalue weighted by atomic mass is 9.87. The molecule has 1 aliphatic rings. The summed E-state index contributed by atoms with van der Waals surface area (Å²) in [5.74, 6) is -1.21. The predicted octanol–water partition coefficient (Wildman–Crippen LogP) is 6.51. The number of allylic oxidation sites excluding steroid dienone is 2. The Labute approximate surface area is 161 Å². The molecule has 0 heterocycles. The molecule has 0 unspecified atom stereocenters. The smallest absolute Gasteiger partial charge is 0.223 e. The van der Waals surface area contributed by atoms with Gasteiger partial charge in [-0.2, -0.15) is 5.26 Å². The molecule has 27 heavy (non-hydrogen) atoms. The molecule has 4 heteroatoms. The third kappa shape index (κ3) is 2.85. The lowest BCUT2D eigenvalue weighted by molar-refractivity contribution is 0.101. The molecule has 2 nitrogen and oxygen atoms in total. The highest BCUT2D eigenvalue weighted by Crippen LogP contribution is 2.42. The maximum atomic E-state index is 14.3. The van der Waals surface area contributed by atoms with E-state index < -0.39 is 11.6 Å². The van der Waals surface area contributed by atoms with Gasteiger partial charge in [0.25, 0.3) is 0 Å². The Bertz CT molecular complexity index is 1150. The quantitative estimate of drug-likeness (QED) is 0.525. The number of carbonyl (C=O) groups is 1. The van der Waals surface area contributed by atoms with Crippen LogP contribution in [-0.2, 0) is 0 Å². The van der Waals surface area contributed by atoms with Crippen LogP contribution in [0.15, 0.2) is 70.2 Å². The van der Waals surface area contributed by atoms with Crippen molar-refractivity contribution in [3.05, 3.63) is 77.1 Å². The van der Waals surface area contributed by atoms with Crippen LogP contribution in [0.1, 0.15) is 41.3 Å². The van der Waals surface area contributed by atoms with E-state index in [0.717, 1.165) is 15.2 Å². The fraction of sp³-hybridized carbons (Fsp3) is 0.130.